The van der Waals surface area contributed by atoms with Crippen LogP contribution in [0.3, 0.4) is 0 Å². The van der Waals surface area contributed by atoms with Crippen molar-refractivity contribution in [1.29, 1.82) is 0 Å². The van der Waals surface area contributed by atoms with Crippen LogP contribution in [0.25, 0.3) is 0 Å². The van der Waals surface area contributed by atoms with Crippen LogP contribution in [-0.2, 0) is 4.79 Å². The topological polar surface area (TPSA) is 99.0 Å². The molecule has 2 aliphatic rings. The van der Waals surface area contributed by atoms with Gasteiger partial charge in [0, 0.05) is 19.0 Å². The van der Waals surface area contributed by atoms with Crippen LogP contribution < -0.4 is 9.47 Å². The third-order valence-corrected chi connectivity index (χ3v) is 6.11. The summed E-state index contributed by atoms with van der Waals surface area (Å²) in [5.74, 6) is 2.64. The van der Waals surface area contributed by atoms with Crippen LogP contribution >= 0.6 is 0 Å². The average Bonchev–Trinajstić information content (AvgIpc) is 2.77. The minimum Gasteiger partial charge on any atom is -0.493 e. The lowest BCUT2D eigenvalue weighted by molar-refractivity contribution is -0.385. The summed E-state index contributed by atoms with van der Waals surface area (Å²) in [6.45, 7) is 0.357. The Balaban J connectivity index is 1.88. The molecule has 1 unspecified atom stereocenters. The van der Waals surface area contributed by atoms with Crippen LogP contribution in [0.15, 0.2) is 17.8 Å². The molecule has 1 aliphatic heterocycles. The van der Waals surface area contributed by atoms with Crippen molar-refractivity contribution in [3.63, 3.8) is 0 Å². The summed E-state index contributed by atoms with van der Waals surface area (Å²) in [5.41, 5.74) is -0.232. The lowest BCUT2D eigenvalue weighted by Gasteiger charge is -2.37. The molecule has 0 aromatic heterocycles. The molecular formula is C21H26N2O6. The zero-order valence-electron chi connectivity index (χ0n) is 16.8. The van der Waals surface area contributed by atoms with Crippen molar-refractivity contribution in [2.24, 2.45) is 11.8 Å². The summed E-state index contributed by atoms with van der Waals surface area (Å²) in [6.07, 6.45) is 7.26. The molecule has 2 fully saturated rings. The molecule has 0 N–H and O–H groups in total. The van der Waals surface area contributed by atoms with Crippen molar-refractivity contribution < 1.29 is 24.0 Å². The van der Waals surface area contributed by atoms with Gasteiger partial charge in [0.25, 0.3) is 11.6 Å². The Morgan fingerprint density at radius 1 is 1.10 bits per heavy atom. The standard InChI is InChI=1S/C21H26N2O6/c1-28-19-11-17(18(23(26)27)12-20(19)29-2)21(25)22-9-8-15(10-16(22)13-24)14-6-4-3-5-7-14/h11-12,14-15H,3-10H2,1-2H3. The van der Waals surface area contributed by atoms with E-state index in [-0.39, 0.29) is 28.4 Å². The zero-order valence-corrected chi connectivity index (χ0v) is 16.8. The normalized spacial score (nSPS) is 20.1. The zero-order chi connectivity index (χ0) is 21.0. The largest absolute Gasteiger partial charge is 0.493 e. The molecule has 0 radical (unpaired) electrons. The first kappa shape index (κ1) is 20.9. The predicted octanol–water partition coefficient (Wildman–Crippen LogP) is 3.76. The predicted molar refractivity (Wildman–Crippen MR) is 106 cm³/mol. The maximum Gasteiger partial charge on any atom is 0.286 e. The molecule has 1 aromatic rings. The lowest BCUT2D eigenvalue weighted by Crippen LogP contribution is -2.39. The monoisotopic (exact) mass is 402 g/mol. The van der Waals surface area contributed by atoms with E-state index >= 15 is 0 Å². The van der Waals surface area contributed by atoms with E-state index in [9.17, 15) is 19.7 Å². The summed E-state index contributed by atoms with van der Waals surface area (Å²) < 4.78 is 10.3. The number of carbonyl (C=O) groups excluding carboxylic acids is 2. The van der Waals surface area contributed by atoms with Gasteiger partial charge < -0.3 is 14.4 Å². The number of nitrogens with zero attached hydrogens (tertiary/aromatic N) is 2. The molecule has 1 saturated carbocycles. The molecule has 1 aliphatic carbocycles. The highest BCUT2D eigenvalue weighted by atomic mass is 16.6. The molecule has 1 aromatic carbocycles. The van der Waals surface area contributed by atoms with Gasteiger partial charge in [0.05, 0.1) is 25.2 Å². The number of hydrogen-bond acceptors (Lipinski definition) is 6. The lowest BCUT2D eigenvalue weighted by atomic mass is 9.75. The summed E-state index contributed by atoms with van der Waals surface area (Å²) in [7, 11) is 2.76. The van der Waals surface area contributed by atoms with Gasteiger partial charge in [-0.05, 0) is 18.3 Å². The second-order valence-corrected chi connectivity index (χ2v) is 7.64. The van der Waals surface area contributed by atoms with Gasteiger partial charge in [0.15, 0.2) is 11.5 Å². The third-order valence-electron chi connectivity index (χ3n) is 6.11. The van der Waals surface area contributed by atoms with Crippen LogP contribution in [0.2, 0.25) is 0 Å². The molecule has 29 heavy (non-hydrogen) atoms. The molecule has 8 nitrogen and oxygen atoms in total. The van der Waals surface area contributed by atoms with Gasteiger partial charge in [0.2, 0.25) is 0 Å². The Morgan fingerprint density at radius 2 is 1.76 bits per heavy atom. The number of carbonyl (C=O) groups is 1. The first-order chi connectivity index (χ1) is 14.0. The van der Waals surface area contributed by atoms with E-state index in [1.54, 1.807) is 0 Å². The molecule has 1 saturated heterocycles. The molecule has 3 rings (SSSR count). The van der Waals surface area contributed by atoms with E-state index in [0.717, 1.165) is 19.3 Å². The van der Waals surface area contributed by atoms with Gasteiger partial charge in [-0.15, -0.1) is 0 Å². The quantitative estimate of drug-likeness (QED) is 0.422. The Morgan fingerprint density at radius 3 is 2.34 bits per heavy atom. The molecular weight excluding hydrogens is 376 g/mol. The molecule has 8 heteroatoms. The number of nitro benzene ring substituents is 1. The molecule has 0 bridgehead atoms. The first-order valence-corrected chi connectivity index (χ1v) is 9.96. The molecule has 0 spiro atoms. The number of rotatable bonds is 5. The molecule has 1 atom stereocenters. The molecule has 156 valence electrons. The Kier molecular flexibility index (Phi) is 6.54. The van der Waals surface area contributed by atoms with Crippen molar-refractivity contribution >= 4 is 17.5 Å². The van der Waals surface area contributed by atoms with E-state index in [4.69, 9.17) is 9.47 Å². The number of hydrogen-bond donors (Lipinski definition) is 0. The fraction of sp³-hybridized carbons (Fsp3) is 0.571. The summed E-state index contributed by atoms with van der Waals surface area (Å²) in [5, 5.41) is 11.5. The minimum absolute atomic E-state index is 0.128. The van der Waals surface area contributed by atoms with Gasteiger partial charge in [-0.1, -0.05) is 32.1 Å². The van der Waals surface area contributed by atoms with Gasteiger partial charge in [0.1, 0.15) is 17.2 Å². The first-order valence-electron chi connectivity index (χ1n) is 9.96. The maximum absolute atomic E-state index is 13.2. The minimum atomic E-state index is -0.631. The number of benzene rings is 1. The highest BCUT2D eigenvalue weighted by molar-refractivity contribution is 6.00. The van der Waals surface area contributed by atoms with Crippen molar-refractivity contribution in [3.8, 4) is 11.5 Å². The van der Waals surface area contributed by atoms with Crippen LogP contribution in [0.4, 0.5) is 5.69 Å². The van der Waals surface area contributed by atoms with Gasteiger partial charge in [-0.2, -0.15) is 0 Å². The van der Waals surface area contributed by atoms with Crippen molar-refractivity contribution in [2.45, 2.75) is 44.9 Å². The van der Waals surface area contributed by atoms with Crippen LogP contribution in [0, 0.1) is 22.0 Å². The van der Waals surface area contributed by atoms with E-state index in [2.05, 4.69) is 0 Å². The number of methoxy groups -OCH3 is 2. The van der Waals surface area contributed by atoms with Crippen molar-refractivity contribution in [3.05, 3.63) is 33.5 Å². The van der Waals surface area contributed by atoms with E-state index < -0.39 is 10.8 Å². The Hall–Kier alpha value is -2.86. The number of likely N-dealkylation sites (tertiary alicyclic amines) is 1. The van der Waals surface area contributed by atoms with E-state index in [1.807, 2.05) is 5.94 Å². The number of nitro groups is 1. The molecule has 1 amide bonds. The van der Waals surface area contributed by atoms with Crippen molar-refractivity contribution in [1.82, 2.24) is 4.90 Å². The second kappa shape index (κ2) is 9.09. The van der Waals surface area contributed by atoms with Gasteiger partial charge in [-0.25, -0.2) is 4.79 Å². The summed E-state index contributed by atoms with van der Waals surface area (Å²) in [4.78, 5) is 37.1. The van der Waals surface area contributed by atoms with E-state index in [0.29, 0.717) is 24.8 Å². The highest BCUT2D eigenvalue weighted by Gasteiger charge is 2.36. The number of piperidine rings is 1. The van der Waals surface area contributed by atoms with Crippen LogP contribution in [0.1, 0.15) is 55.3 Å². The summed E-state index contributed by atoms with van der Waals surface area (Å²) >= 11 is 0. The van der Waals surface area contributed by atoms with Crippen molar-refractivity contribution in [2.75, 3.05) is 20.8 Å². The van der Waals surface area contributed by atoms with Gasteiger partial charge >= 0.3 is 0 Å². The second-order valence-electron chi connectivity index (χ2n) is 7.64. The Bertz CT molecular complexity index is 840. The summed E-state index contributed by atoms with van der Waals surface area (Å²) in [6, 6.07) is 2.47. The fourth-order valence-corrected chi connectivity index (χ4v) is 4.56. The van der Waals surface area contributed by atoms with Crippen LogP contribution in [0.5, 0.6) is 11.5 Å². The number of ether oxygens (including phenoxy) is 2. The highest BCUT2D eigenvalue weighted by Crippen LogP contribution is 2.40. The maximum atomic E-state index is 13.2. The fourth-order valence-electron chi connectivity index (χ4n) is 4.56. The SMILES string of the molecule is COc1cc(C(=O)N2CCC(C3CCCCC3)CC2=C=O)c([N+](=O)[O-])cc1OC. The number of amides is 1. The van der Waals surface area contributed by atoms with E-state index in [1.165, 1.54) is 50.5 Å². The molecule has 1 heterocycles. The third kappa shape index (κ3) is 4.27. The Labute approximate surface area is 169 Å². The number of allylic oxidation sites excluding steroid dienone is 1. The van der Waals surface area contributed by atoms with Crippen LogP contribution in [-0.4, -0.2) is 42.4 Å². The average molecular weight is 402 g/mol. The smallest absolute Gasteiger partial charge is 0.286 e. The van der Waals surface area contributed by atoms with Gasteiger partial charge in [-0.3, -0.25) is 14.9 Å².